The molecule has 0 fully saturated rings. The Bertz CT molecular complexity index is 3570. The lowest BCUT2D eigenvalue weighted by Crippen LogP contribution is -2.00. The average Bonchev–Trinajstić information content (AvgIpc) is 3.88. The molecular weight excluding hydrogens is 711 g/mol. The number of furan rings is 2. The van der Waals surface area contributed by atoms with Crippen molar-refractivity contribution in [1.29, 1.82) is 0 Å². The third-order valence-electron chi connectivity index (χ3n) is 11.3. The topological polar surface area (TPSA) is 65.0 Å². The molecular formula is C53H31N3O2. The van der Waals surface area contributed by atoms with Gasteiger partial charge in [0.1, 0.15) is 22.3 Å². The van der Waals surface area contributed by atoms with Gasteiger partial charge in [0.15, 0.2) is 17.5 Å². The number of fused-ring (bicyclic) bond motifs is 9. The molecule has 0 unspecified atom stereocenters. The molecule has 5 nitrogen and oxygen atoms in total. The van der Waals surface area contributed by atoms with E-state index in [1.165, 1.54) is 11.1 Å². The minimum atomic E-state index is 0.574. The van der Waals surface area contributed by atoms with Gasteiger partial charge in [-0.2, -0.15) is 0 Å². The SMILES string of the molecule is c1ccc(-c2ccc3cc(-c4nc(-c5ccc6ccc7oc8ccccc8c7c6c5)nc(-c5cccc6oc7c(-c8ccccc8)cccc7c56)n4)ccc3c2)cc1. The molecule has 0 bridgehead atoms. The highest BCUT2D eigenvalue weighted by Crippen LogP contribution is 2.41. The van der Waals surface area contributed by atoms with Crippen LogP contribution in [0, 0.1) is 0 Å². The summed E-state index contributed by atoms with van der Waals surface area (Å²) in [5.74, 6) is 1.75. The molecule has 12 aromatic rings. The van der Waals surface area contributed by atoms with Gasteiger partial charge < -0.3 is 8.83 Å². The van der Waals surface area contributed by atoms with Crippen LogP contribution in [0.5, 0.6) is 0 Å². The summed E-state index contributed by atoms with van der Waals surface area (Å²) in [6.07, 6.45) is 0. The molecule has 58 heavy (non-hydrogen) atoms. The van der Waals surface area contributed by atoms with Crippen molar-refractivity contribution >= 4 is 65.4 Å². The fourth-order valence-corrected chi connectivity index (χ4v) is 8.51. The molecule has 3 aromatic heterocycles. The summed E-state index contributed by atoms with van der Waals surface area (Å²) in [7, 11) is 0. The molecule has 3 heterocycles. The Morgan fingerprint density at radius 1 is 0.293 bits per heavy atom. The van der Waals surface area contributed by atoms with E-state index in [0.29, 0.717) is 17.5 Å². The lowest BCUT2D eigenvalue weighted by molar-refractivity contribution is 0.669. The normalized spacial score (nSPS) is 11.8. The van der Waals surface area contributed by atoms with Crippen molar-refractivity contribution in [2.75, 3.05) is 0 Å². The fourth-order valence-electron chi connectivity index (χ4n) is 8.51. The highest BCUT2D eigenvalue weighted by atomic mass is 16.3. The molecule has 0 atom stereocenters. The van der Waals surface area contributed by atoms with E-state index in [0.717, 1.165) is 93.2 Å². The number of rotatable bonds is 5. The van der Waals surface area contributed by atoms with E-state index >= 15 is 0 Å². The van der Waals surface area contributed by atoms with Crippen LogP contribution in [-0.4, -0.2) is 15.0 Å². The first-order chi connectivity index (χ1) is 28.7. The molecule has 0 saturated carbocycles. The standard InChI is InChI=1S/C53H31N3O2/c1-3-11-32(12-4-1)35-22-23-37-30-38(26-24-36(37)29-35)51-54-52(39-25-21-34-27-28-47-48(44(34)31-39)41-15-7-8-19-45(41)57-47)56-53(55-51)43-18-10-20-46-49(43)42-17-9-16-40(50(42)58-46)33-13-5-2-6-14-33/h1-31H. The van der Waals surface area contributed by atoms with Gasteiger partial charge in [0.25, 0.3) is 0 Å². The van der Waals surface area contributed by atoms with Gasteiger partial charge in [-0.1, -0.05) is 152 Å². The highest BCUT2D eigenvalue weighted by Gasteiger charge is 2.20. The first-order valence-electron chi connectivity index (χ1n) is 19.4. The Kier molecular flexibility index (Phi) is 7.16. The molecule has 12 rings (SSSR count). The van der Waals surface area contributed by atoms with Crippen LogP contribution < -0.4 is 0 Å². The van der Waals surface area contributed by atoms with Crippen molar-refractivity contribution in [2.45, 2.75) is 0 Å². The number of hydrogen-bond acceptors (Lipinski definition) is 5. The minimum Gasteiger partial charge on any atom is -0.456 e. The van der Waals surface area contributed by atoms with Crippen LogP contribution in [0.4, 0.5) is 0 Å². The lowest BCUT2D eigenvalue weighted by atomic mass is 9.99. The second kappa shape index (κ2) is 12.8. The monoisotopic (exact) mass is 741 g/mol. The van der Waals surface area contributed by atoms with Gasteiger partial charge in [-0.05, 0) is 74.6 Å². The van der Waals surface area contributed by atoms with Crippen LogP contribution in [0.2, 0.25) is 0 Å². The van der Waals surface area contributed by atoms with Crippen molar-refractivity contribution in [3.63, 3.8) is 0 Å². The second-order valence-electron chi connectivity index (χ2n) is 14.8. The van der Waals surface area contributed by atoms with E-state index in [4.69, 9.17) is 23.8 Å². The van der Waals surface area contributed by atoms with Gasteiger partial charge in [-0.25, -0.2) is 15.0 Å². The van der Waals surface area contributed by atoms with E-state index in [9.17, 15) is 0 Å². The van der Waals surface area contributed by atoms with E-state index in [2.05, 4.69) is 152 Å². The second-order valence-corrected chi connectivity index (χ2v) is 14.8. The van der Waals surface area contributed by atoms with Gasteiger partial charge in [-0.15, -0.1) is 0 Å². The largest absolute Gasteiger partial charge is 0.456 e. The van der Waals surface area contributed by atoms with Crippen LogP contribution in [-0.2, 0) is 0 Å². The van der Waals surface area contributed by atoms with E-state index in [1.807, 2.05) is 36.4 Å². The van der Waals surface area contributed by atoms with Gasteiger partial charge in [0, 0.05) is 43.8 Å². The maximum absolute atomic E-state index is 6.66. The number of aromatic nitrogens is 3. The molecule has 0 radical (unpaired) electrons. The van der Waals surface area contributed by atoms with Crippen LogP contribution in [0.15, 0.2) is 197 Å². The van der Waals surface area contributed by atoms with Crippen LogP contribution >= 0.6 is 0 Å². The van der Waals surface area contributed by atoms with Crippen molar-refractivity contribution in [3.05, 3.63) is 188 Å². The number of benzene rings is 9. The molecule has 270 valence electrons. The summed E-state index contributed by atoms with van der Waals surface area (Å²) in [4.78, 5) is 15.8. The fraction of sp³-hybridized carbons (Fsp3) is 0. The zero-order valence-electron chi connectivity index (χ0n) is 31.1. The number of hydrogen-bond donors (Lipinski definition) is 0. The summed E-state index contributed by atoms with van der Waals surface area (Å²) >= 11 is 0. The summed E-state index contributed by atoms with van der Waals surface area (Å²) in [6, 6.07) is 65.1. The zero-order chi connectivity index (χ0) is 38.2. The van der Waals surface area contributed by atoms with Crippen LogP contribution in [0.25, 0.3) is 122 Å². The Balaban J connectivity index is 1.08. The van der Waals surface area contributed by atoms with Crippen LogP contribution in [0.3, 0.4) is 0 Å². The third-order valence-corrected chi connectivity index (χ3v) is 11.3. The highest BCUT2D eigenvalue weighted by molar-refractivity contribution is 6.19. The number of para-hydroxylation sites is 2. The van der Waals surface area contributed by atoms with Crippen molar-refractivity contribution < 1.29 is 8.83 Å². The molecule has 0 saturated heterocycles. The third kappa shape index (κ3) is 5.21. The van der Waals surface area contributed by atoms with E-state index in [1.54, 1.807) is 0 Å². The maximum atomic E-state index is 6.66. The lowest BCUT2D eigenvalue weighted by Gasteiger charge is -2.11. The first-order valence-corrected chi connectivity index (χ1v) is 19.4. The average molecular weight is 742 g/mol. The van der Waals surface area contributed by atoms with Gasteiger partial charge in [-0.3, -0.25) is 0 Å². The van der Waals surface area contributed by atoms with Crippen LogP contribution in [0.1, 0.15) is 0 Å². The van der Waals surface area contributed by atoms with E-state index < -0.39 is 0 Å². The Labute approximate surface area is 332 Å². The molecule has 5 heteroatoms. The molecule has 0 amide bonds. The predicted octanol–water partition coefficient (Wildman–Crippen LogP) is 14.3. The maximum Gasteiger partial charge on any atom is 0.164 e. The zero-order valence-corrected chi connectivity index (χ0v) is 31.1. The van der Waals surface area contributed by atoms with Gasteiger partial charge in [0.2, 0.25) is 0 Å². The van der Waals surface area contributed by atoms with Gasteiger partial charge >= 0.3 is 0 Å². The molecule has 0 aliphatic carbocycles. The Hall–Kier alpha value is -7.89. The summed E-state index contributed by atoms with van der Waals surface area (Å²) < 4.78 is 12.9. The molecule has 0 aliphatic heterocycles. The summed E-state index contributed by atoms with van der Waals surface area (Å²) in [5.41, 5.74) is 10.5. The Morgan fingerprint density at radius 3 is 1.67 bits per heavy atom. The van der Waals surface area contributed by atoms with Crippen molar-refractivity contribution in [1.82, 2.24) is 15.0 Å². The summed E-state index contributed by atoms with van der Waals surface area (Å²) in [5, 5.41) is 8.59. The molecule has 0 spiro atoms. The Morgan fingerprint density at radius 2 is 0.862 bits per heavy atom. The van der Waals surface area contributed by atoms with Crippen molar-refractivity contribution in [2.24, 2.45) is 0 Å². The molecule has 0 aliphatic rings. The van der Waals surface area contributed by atoms with Crippen molar-refractivity contribution in [3.8, 4) is 56.4 Å². The van der Waals surface area contributed by atoms with Gasteiger partial charge in [0.05, 0.1) is 0 Å². The number of nitrogens with zero attached hydrogens (tertiary/aromatic N) is 3. The molecule has 9 aromatic carbocycles. The molecule has 0 N–H and O–H groups in total. The quantitative estimate of drug-likeness (QED) is 0.176. The first kappa shape index (κ1) is 32.4. The predicted molar refractivity (Wildman–Crippen MR) is 237 cm³/mol. The summed E-state index contributed by atoms with van der Waals surface area (Å²) in [6.45, 7) is 0. The minimum absolute atomic E-state index is 0.574. The smallest absolute Gasteiger partial charge is 0.164 e. The van der Waals surface area contributed by atoms with E-state index in [-0.39, 0.29) is 0 Å².